The number of ether oxygens (including phenoxy) is 2. The summed E-state index contributed by atoms with van der Waals surface area (Å²) >= 11 is 0. The normalized spacial score (nSPS) is 12.1. The highest BCUT2D eigenvalue weighted by atomic mass is 16.6. The van der Waals surface area contributed by atoms with E-state index in [1.807, 2.05) is 0 Å². The number of hydrogen-bond acceptors (Lipinski definition) is 5. The van der Waals surface area contributed by atoms with Crippen LogP contribution in [0.4, 0.5) is 0 Å². The van der Waals surface area contributed by atoms with E-state index in [0.29, 0.717) is 12.8 Å². The Morgan fingerprint density at radius 2 is 1.00 bits per heavy atom. The highest BCUT2D eigenvalue weighted by molar-refractivity contribution is 5.70. The van der Waals surface area contributed by atoms with Gasteiger partial charge in [-0.05, 0) is 18.8 Å². The minimum Gasteiger partial charge on any atom is -0.462 e. The molecule has 37 heavy (non-hydrogen) atoms. The lowest BCUT2D eigenvalue weighted by molar-refractivity contribution is -0.161. The van der Waals surface area contributed by atoms with Crippen molar-refractivity contribution in [2.45, 2.75) is 175 Å². The van der Waals surface area contributed by atoms with Gasteiger partial charge in [-0.1, -0.05) is 143 Å². The molecule has 0 aliphatic carbocycles. The van der Waals surface area contributed by atoms with E-state index in [1.165, 1.54) is 103 Å². The van der Waals surface area contributed by atoms with E-state index in [4.69, 9.17) is 9.47 Å². The molecule has 5 nitrogen and oxygen atoms in total. The predicted molar refractivity (Wildman–Crippen MR) is 155 cm³/mol. The third-order valence-corrected chi connectivity index (χ3v) is 7.08. The molecule has 0 rings (SSSR count). The summed E-state index contributed by atoms with van der Waals surface area (Å²) in [7, 11) is 0. The van der Waals surface area contributed by atoms with Crippen LogP contribution in [-0.2, 0) is 19.1 Å². The van der Waals surface area contributed by atoms with Crippen molar-refractivity contribution >= 4 is 11.9 Å². The number of carbonyl (C=O) groups is 2. The molecule has 0 amide bonds. The molecule has 1 atom stereocenters. The third-order valence-electron chi connectivity index (χ3n) is 7.08. The Kier molecular flexibility index (Phi) is 27.1. The van der Waals surface area contributed by atoms with Crippen LogP contribution in [0.5, 0.6) is 0 Å². The summed E-state index contributed by atoms with van der Waals surface area (Å²) in [5.41, 5.74) is 0. The fourth-order valence-electron chi connectivity index (χ4n) is 4.62. The average Bonchev–Trinajstić information content (AvgIpc) is 2.88. The molecule has 0 fully saturated rings. The Labute approximate surface area is 229 Å². The van der Waals surface area contributed by atoms with Gasteiger partial charge in [-0.3, -0.25) is 9.59 Å². The second kappa shape index (κ2) is 27.9. The second-order valence-corrected chi connectivity index (χ2v) is 11.4. The van der Waals surface area contributed by atoms with Crippen molar-refractivity contribution in [2.75, 3.05) is 13.2 Å². The largest absolute Gasteiger partial charge is 0.462 e. The maximum absolute atomic E-state index is 12.0. The van der Waals surface area contributed by atoms with Crippen molar-refractivity contribution in [3.63, 3.8) is 0 Å². The van der Waals surface area contributed by atoms with E-state index in [0.717, 1.165) is 38.0 Å². The molecule has 5 heteroatoms. The third kappa shape index (κ3) is 27.7. The van der Waals surface area contributed by atoms with Gasteiger partial charge < -0.3 is 14.6 Å². The molecular weight excluding hydrogens is 464 g/mol. The first-order chi connectivity index (χ1) is 18.0. The van der Waals surface area contributed by atoms with E-state index in [9.17, 15) is 14.7 Å². The maximum Gasteiger partial charge on any atom is 0.306 e. The number of esters is 2. The first-order valence-corrected chi connectivity index (χ1v) is 16.0. The lowest BCUT2D eigenvalue weighted by atomic mass is 10.0. The summed E-state index contributed by atoms with van der Waals surface area (Å²) in [6.45, 7) is 6.39. The molecular formula is C32H62O5. The van der Waals surface area contributed by atoms with Gasteiger partial charge in [0.15, 0.2) is 6.10 Å². The van der Waals surface area contributed by atoms with Crippen LogP contribution < -0.4 is 0 Å². The van der Waals surface area contributed by atoms with Crippen LogP contribution in [0.2, 0.25) is 0 Å². The second-order valence-electron chi connectivity index (χ2n) is 11.4. The first-order valence-electron chi connectivity index (χ1n) is 16.0. The van der Waals surface area contributed by atoms with Crippen molar-refractivity contribution in [3.8, 4) is 0 Å². The molecule has 0 unspecified atom stereocenters. The molecule has 0 aromatic heterocycles. The lowest BCUT2D eigenvalue weighted by Crippen LogP contribution is -2.28. The standard InChI is InChI=1S/C32H62O5/c1-4-5-6-7-8-9-10-11-12-13-14-15-19-22-25-31(34)36-28-30(27-33)37-32(35)26-23-20-17-16-18-21-24-29(2)3/h29-30,33H,4-28H2,1-3H3/t30-/m0/s1. The van der Waals surface area contributed by atoms with E-state index >= 15 is 0 Å². The molecule has 1 N–H and O–H groups in total. The number of carbonyl (C=O) groups excluding carboxylic acids is 2. The van der Waals surface area contributed by atoms with Gasteiger partial charge in [-0.15, -0.1) is 0 Å². The van der Waals surface area contributed by atoms with Gasteiger partial charge in [0.05, 0.1) is 6.61 Å². The minimum absolute atomic E-state index is 0.0600. The van der Waals surface area contributed by atoms with Gasteiger partial charge in [-0.25, -0.2) is 0 Å². The molecule has 0 aromatic carbocycles. The van der Waals surface area contributed by atoms with Crippen molar-refractivity contribution < 1.29 is 24.2 Å². The van der Waals surface area contributed by atoms with E-state index in [1.54, 1.807) is 0 Å². The van der Waals surface area contributed by atoms with Gasteiger partial charge in [0.1, 0.15) is 6.61 Å². The zero-order valence-corrected chi connectivity index (χ0v) is 24.9. The molecule has 0 bridgehead atoms. The number of aliphatic hydroxyl groups is 1. The molecule has 0 aromatic rings. The van der Waals surface area contributed by atoms with Crippen LogP contribution in [0, 0.1) is 5.92 Å². The predicted octanol–water partition coefficient (Wildman–Crippen LogP) is 9.08. The number of unbranched alkanes of at least 4 members (excludes halogenated alkanes) is 18. The molecule has 0 aliphatic rings. The van der Waals surface area contributed by atoms with Crippen LogP contribution in [-0.4, -0.2) is 36.4 Å². The summed E-state index contributed by atoms with van der Waals surface area (Å²) in [6, 6.07) is 0. The lowest BCUT2D eigenvalue weighted by Gasteiger charge is -2.15. The van der Waals surface area contributed by atoms with E-state index in [2.05, 4.69) is 20.8 Å². The Balaban J connectivity index is 3.55. The van der Waals surface area contributed by atoms with Gasteiger partial charge in [0, 0.05) is 12.8 Å². The zero-order valence-electron chi connectivity index (χ0n) is 24.9. The van der Waals surface area contributed by atoms with E-state index in [-0.39, 0.29) is 25.2 Å². The van der Waals surface area contributed by atoms with E-state index < -0.39 is 6.10 Å². The summed E-state index contributed by atoms with van der Waals surface area (Å²) in [5.74, 6) is 0.186. The fourth-order valence-corrected chi connectivity index (χ4v) is 4.62. The summed E-state index contributed by atoms with van der Waals surface area (Å²) in [4.78, 5) is 24.0. The van der Waals surface area contributed by atoms with Crippen molar-refractivity contribution in [1.82, 2.24) is 0 Å². The van der Waals surface area contributed by atoms with Gasteiger partial charge in [0.2, 0.25) is 0 Å². The zero-order chi connectivity index (χ0) is 27.4. The Morgan fingerprint density at radius 3 is 1.43 bits per heavy atom. The molecule has 220 valence electrons. The van der Waals surface area contributed by atoms with Crippen molar-refractivity contribution in [1.29, 1.82) is 0 Å². The van der Waals surface area contributed by atoms with Crippen LogP contribution in [0.25, 0.3) is 0 Å². The van der Waals surface area contributed by atoms with Gasteiger partial charge in [0.25, 0.3) is 0 Å². The quantitative estimate of drug-likeness (QED) is 0.0813. The number of hydrogen-bond donors (Lipinski definition) is 1. The van der Waals surface area contributed by atoms with Crippen molar-refractivity contribution in [2.24, 2.45) is 5.92 Å². The van der Waals surface area contributed by atoms with Gasteiger partial charge >= 0.3 is 11.9 Å². The van der Waals surface area contributed by atoms with Crippen LogP contribution >= 0.6 is 0 Å². The van der Waals surface area contributed by atoms with Crippen molar-refractivity contribution in [3.05, 3.63) is 0 Å². The Bertz CT molecular complexity index is 505. The number of aliphatic hydroxyl groups excluding tert-OH is 1. The topological polar surface area (TPSA) is 72.8 Å². The van der Waals surface area contributed by atoms with Gasteiger partial charge in [-0.2, -0.15) is 0 Å². The summed E-state index contributed by atoms with van der Waals surface area (Å²) in [6.07, 6.45) is 26.0. The maximum atomic E-state index is 12.0. The Morgan fingerprint density at radius 1 is 0.595 bits per heavy atom. The first kappa shape index (κ1) is 35.9. The molecule has 0 spiro atoms. The summed E-state index contributed by atoms with van der Waals surface area (Å²) in [5, 5.41) is 9.46. The number of rotatable bonds is 28. The van der Waals surface area contributed by atoms with Crippen LogP contribution in [0.1, 0.15) is 168 Å². The average molecular weight is 527 g/mol. The molecule has 0 aliphatic heterocycles. The molecule has 0 saturated heterocycles. The molecule has 0 radical (unpaired) electrons. The Hall–Kier alpha value is -1.10. The van der Waals surface area contributed by atoms with Crippen LogP contribution in [0.15, 0.2) is 0 Å². The summed E-state index contributed by atoms with van der Waals surface area (Å²) < 4.78 is 10.5. The monoisotopic (exact) mass is 526 g/mol. The molecule has 0 heterocycles. The minimum atomic E-state index is -0.760. The smallest absolute Gasteiger partial charge is 0.306 e. The highest BCUT2D eigenvalue weighted by Crippen LogP contribution is 2.14. The molecule has 0 saturated carbocycles. The van der Waals surface area contributed by atoms with Crippen LogP contribution in [0.3, 0.4) is 0 Å². The highest BCUT2D eigenvalue weighted by Gasteiger charge is 2.16. The SMILES string of the molecule is CCCCCCCCCCCCCCCCC(=O)OC[C@H](CO)OC(=O)CCCCCCCCC(C)C. The fraction of sp³-hybridized carbons (Fsp3) is 0.938.